The summed E-state index contributed by atoms with van der Waals surface area (Å²) in [6, 6.07) is 4.96. The van der Waals surface area contributed by atoms with E-state index in [1.807, 2.05) is 0 Å². The van der Waals surface area contributed by atoms with Crippen LogP contribution < -0.4 is 5.73 Å². The number of nitrogens with zero attached hydrogens (tertiary/aromatic N) is 1. The third kappa shape index (κ3) is 1.85. The highest BCUT2D eigenvalue weighted by molar-refractivity contribution is 6.33. The van der Waals surface area contributed by atoms with Crippen molar-refractivity contribution >= 4 is 23.5 Å². The maximum Gasteiger partial charge on any atom is 0.0748 e. The fourth-order valence-electron chi connectivity index (χ4n) is 0.710. The van der Waals surface area contributed by atoms with E-state index in [0.717, 1.165) is 0 Å². The SMILES string of the molecule is Nc1ccc(/C=N/O)c(Cl)c1. The lowest BCUT2D eigenvalue weighted by Gasteiger charge is -1.97. The van der Waals surface area contributed by atoms with E-state index >= 15 is 0 Å². The first-order valence-electron chi connectivity index (χ1n) is 2.96. The van der Waals surface area contributed by atoms with Gasteiger partial charge in [-0.1, -0.05) is 16.8 Å². The van der Waals surface area contributed by atoms with Crippen LogP contribution in [0.5, 0.6) is 0 Å². The van der Waals surface area contributed by atoms with Crippen molar-refractivity contribution < 1.29 is 5.21 Å². The molecule has 3 nitrogen and oxygen atoms in total. The van der Waals surface area contributed by atoms with E-state index in [-0.39, 0.29) is 0 Å². The lowest BCUT2D eigenvalue weighted by Crippen LogP contribution is -1.87. The zero-order chi connectivity index (χ0) is 8.27. The van der Waals surface area contributed by atoms with Gasteiger partial charge in [0.1, 0.15) is 0 Å². The monoisotopic (exact) mass is 170 g/mol. The molecule has 0 amide bonds. The summed E-state index contributed by atoms with van der Waals surface area (Å²) in [5, 5.41) is 11.5. The first-order valence-corrected chi connectivity index (χ1v) is 3.34. The Hall–Kier alpha value is -1.22. The second kappa shape index (κ2) is 3.25. The van der Waals surface area contributed by atoms with Crippen LogP contribution in [-0.4, -0.2) is 11.4 Å². The van der Waals surface area contributed by atoms with Gasteiger partial charge in [0.2, 0.25) is 0 Å². The quantitative estimate of drug-likeness (QED) is 0.292. The summed E-state index contributed by atoms with van der Waals surface area (Å²) < 4.78 is 0. The van der Waals surface area contributed by atoms with Gasteiger partial charge in [-0.15, -0.1) is 0 Å². The zero-order valence-corrected chi connectivity index (χ0v) is 6.42. The largest absolute Gasteiger partial charge is 0.411 e. The highest BCUT2D eigenvalue weighted by atomic mass is 35.5. The van der Waals surface area contributed by atoms with E-state index in [4.69, 9.17) is 22.5 Å². The Balaban J connectivity index is 3.09. The fraction of sp³-hybridized carbons (Fsp3) is 0. The Bertz CT molecular complexity index is 286. The van der Waals surface area contributed by atoms with Crippen LogP contribution in [0.3, 0.4) is 0 Å². The standard InChI is InChI=1S/C7H7ClN2O/c8-7-3-6(9)2-1-5(7)4-10-11/h1-4,11H,9H2/b10-4+. The molecular formula is C7H7ClN2O. The Morgan fingerprint density at radius 1 is 1.55 bits per heavy atom. The molecule has 1 rings (SSSR count). The van der Waals surface area contributed by atoms with Gasteiger partial charge in [-0.05, 0) is 18.2 Å². The van der Waals surface area contributed by atoms with Crippen molar-refractivity contribution in [2.75, 3.05) is 5.73 Å². The highest BCUT2D eigenvalue weighted by Gasteiger charge is 1.96. The minimum absolute atomic E-state index is 0.475. The van der Waals surface area contributed by atoms with Crippen LogP contribution in [0.25, 0.3) is 0 Å². The predicted molar refractivity (Wildman–Crippen MR) is 45.2 cm³/mol. The van der Waals surface area contributed by atoms with Crippen molar-refractivity contribution in [3.05, 3.63) is 28.8 Å². The molecule has 0 heterocycles. The highest BCUT2D eigenvalue weighted by Crippen LogP contribution is 2.16. The molecule has 0 spiro atoms. The molecule has 0 aliphatic rings. The van der Waals surface area contributed by atoms with E-state index in [9.17, 15) is 0 Å². The van der Waals surface area contributed by atoms with E-state index in [0.29, 0.717) is 16.3 Å². The Morgan fingerprint density at radius 2 is 2.27 bits per heavy atom. The Labute approximate surface area is 69.1 Å². The van der Waals surface area contributed by atoms with Gasteiger partial charge < -0.3 is 10.9 Å². The Morgan fingerprint density at radius 3 is 2.82 bits per heavy atom. The van der Waals surface area contributed by atoms with Crippen LogP contribution in [0, 0.1) is 0 Å². The summed E-state index contributed by atoms with van der Waals surface area (Å²) in [6.45, 7) is 0. The van der Waals surface area contributed by atoms with Crippen molar-refractivity contribution in [2.24, 2.45) is 5.16 Å². The van der Waals surface area contributed by atoms with Crippen molar-refractivity contribution in [3.63, 3.8) is 0 Å². The molecule has 1 aromatic rings. The first kappa shape index (κ1) is 7.88. The van der Waals surface area contributed by atoms with Gasteiger partial charge >= 0.3 is 0 Å². The smallest absolute Gasteiger partial charge is 0.0748 e. The average molecular weight is 171 g/mol. The second-order valence-electron chi connectivity index (χ2n) is 2.03. The zero-order valence-electron chi connectivity index (χ0n) is 5.66. The number of rotatable bonds is 1. The molecule has 0 bridgehead atoms. The molecule has 0 fully saturated rings. The van der Waals surface area contributed by atoms with Gasteiger partial charge in [0.15, 0.2) is 0 Å². The normalized spacial score (nSPS) is 10.6. The van der Waals surface area contributed by atoms with Crippen molar-refractivity contribution in [2.45, 2.75) is 0 Å². The molecule has 0 aliphatic carbocycles. The summed E-state index contributed by atoms with van der Waals surface area (Å²) in [6.07, 6.45) is 1.25. The number of nitrogens with two attached hydrogens (primary N) is 1. The summed E-state index contributed by atoms with van der Waals surface area (Å²) in [5.41, 5.74) is 6.66. The molecule has 0 radical (unpaired) electrons. The molecule has 1 aromatic carbocycles. The van der Waals surface area contributed by atoms with Crippen LogP contribution >= 0.6 is 11.6 Å². The number of nitrogen functional groups attached to an aromatic ring is 1. The van der Waals surface area contributed by atoms with Crippen LogP contribution in [0.4, 0.5) is 5.69 Å². The maximum atomic E-state index is 8.19. The molecule has 3 N–H and O–H groups in total. The van der Waals surface area contributed by atoms with Gasteiger partial charge in [-0.2, -0.15) is 0 Å². The van der Waals surface area contributed by atoms with E-state index < -0.39 is 0 Å². The molecule has 0 aromatic heterocycles. The summed E-state index contributed by atoms with van der Waals surface area (Å²) in [5.74, 6) is 0. The predicted octanol–water partition coefficient (Wildman–Crippen LogP) is 1.73. The maximum absolute atomic E-state index is 8.19. The number of benzene rings is 1. The number of hydrogen-bond donors (Lipinski definition) is 2. The van der Waals surface area contributed by atoms with E-state index in [1.54, 1.807) is 18.2 Å². The summed E-state index contributed by atoms with van der Waals surface area (Å²) in [4.78, 5) is 0. The van der Waals surface area contributed by atoms with Crippen LogP contribution in [-0.2, 0) is 0 Å². The lowest BCUT2D eigenvalue weighted by molar-refractivity contribution is 0.322. The molecular weight excluding hydrogens is 164 g/mol. The number of anilines is 1. The van der Waals surface area contributed by atoms with Crippen LogP contribution in [0.2, 0.25) is 5.02 Å². The molecule has 0 saturated carbocycles. The summed E-state index contributed by atoms with van der Waals surface area (Å²) >= 11 is 5.73. The minimum Gasteiger partial charge on any atom is -0.411 e. The van der Waals surface area contributed by atoms with Gasteiger partial charge in [-0.3, -0.25) is 0 Å². The third-order valence-corrected chi connectivity index (χ3v) is 1.55. The molecule has 0 aliphatic heterocycles. The van der Waals surface area contributed by atoms with Crippen LogP contribution in [0.15, 0.2) is 23.4 Å². The number of halogens is 1. The number of oxime groups is 1. The van der Waals surface area contributed by atoms with Crippen molar-refractivity contribution in [3.8, 4) is 0 Å². The second-order valence-corrected chi connectivity index (χ2v) is 2.43. The van der Waals surface area contributed by atoms with Crippen molar-refractivity contribution in [1.29, 1.82) is 0 Å². The molecule has 0 unspecified atom stereocenters. The topological polar surface area (TPSA) is 58.6 Å². The van der Waals surface area contributed by atoms with E-state index in [2.05, 4.69) is 5.16 Å². The fourth-order valence-corrected chi connectivity index (χ4v) is 0.948. The van der Waals surface area contributed by atoms with Gasteiger partial charge in [0, 0.05) is 11.3 Å². The molecule has 4 heteroatoms. The van der Waals surface area contributed by atoms with Gasteiger partial charge in [0.25, 0.3) is 0 Å². The first-order chi connectivity index (χ1) is 5.24. The molecule has 0 saturated heterocycles. The minimum atomic E-state index is 0.475. The van der Waals surface area contributed by atoms with Crippen LogP contribution in [0.1, 0.15) is 5.56 Å². The summed E-state index contributed by atoms with van der Waals surface area (Å²) in [7, 11) is 0. The molecule has 11 heavy (non-hydrogen) atoms. The van der Waals surface area contributed by atoms with Gasteiger partial charge in [-0.25, -0.2) is 0 Å². The van der Waals surface area contributed by atoms with E-state index in [1.165, 1.54) is 6.21 Å². The van der Waals surface area contributed by atoms with Crippen molar-refractivity contribution in [1.82, 2.24) is 0 Å². The number of hydrogen-bond acceptors (Lipinski definition) is 3. The molecule has 0 atom stereocenters. The average Bonchev–Trinajstić information content (AvgIpc) is 1.95. The third-order valence-electron chi connectivity index (χ3n) is 1.22. The van der Waals surface area contributed by atoms with Gasteiger partial charge in [0.05, 0.1) is 11.2 Å². The lowest BCUT2D eigenvalue weighted by atomic mass is 10.2. The Kier molecular flexibility index (Phi) is 2.33. The molecule has 58 valence electrons.